The minimum atomic E-state index is -0.318. The molecule has 1 unspecified atom stereocenters. The molecule has 2 N–H and O–H groups in total. The lowest BCUT2D eigenvalue weighted by Crippen LogP contribution is -2.44. The van der Waals surface area contributed by atoms with Crippen LogP contribution in [0.25, 0.3) is 0 Å². The zero-order valence-corrected chi connectivity index (χ0v) is 18.6. The van der Waals surface area contributed by atoms with Crippen molar-refractivity contribution in [1.82, 2.24) is 15.5 Å². The van der Waals surface area contributed by atoms with Crippen LogP contribution in [0.5, 0.6) is 0 Å². The average Bonchev–Trinajstić information content (AvgIpc) is 2.83. The summed E-state index contributed by atoms with van der Waals surface area (Å²) in [7, 11) is 0. The SMILES string of the molecule is O=C(CC1CCCCC1)NCC(=O)N1CCCCCCNC(=O)CC1c1ccccc1. The maximum Gasteiger partial charge on any atom is 0.242 e. The lowest BCUT2D eigenvalue weighted by atomic mass is 9.87. The molecule has 6 heteroatoms. The molecular formula is C25H37N3O3. The highest BCUT2D eigenvalue weighted by molar-refractivity contribution is 5.86. The molecule has 2 fully saturated rings. The number of hydrogen-bond donors (Lipinski definition) is 2. The summed E-state index contributed by atoms with van der Waals surface area (Å²) in [6, 6.07) is 9.44. The van der Waals surface area contributed by atoms with Gasteiger partial charge in [-0.3, -0.25) is 14.4 Å². The maximum atomic E-state index is 13.2. The smallest absolute Gasteiger partial charge is 0.242 e. The Morgan fingerprint density at radius 1 is 0.968 bits per heavy atom. The lowest BCUT2D eigenvalue weighted by Gasteiger charge is -2.32. The van der Waals surface area contributed by atoms with Crippen LogP contribution in [0.1, 0.15) is 82.2 Å². The first kappa shape index (κ1) is 23.3. The van der Waals surface area contributed by atoms with Crippen molar-refractivity contribution in [3.8, 4) is 0 Å². The molecule has 1 aliphatic heterocycles. The molecule has 1 aromatic rings. The number of amides is 3. The number of carbonyl (C=O) groups is 3. The second-order valence-corrected chi connectivity index (χ2v) is 8.97. The first-order valence-corrected chi connectivity index (χ1v) is 12.0. The van der Waals surface area contributed by atoms with E-state index in [0.29, 0.717) is 25.4 Å². The van der Waals surface area contributed by atoms with Crippen LogP contribution in [0.3, 0.4) is 0 Å². The van der Waals surface area contributed by atoms with Gasteiger partial charge in [-0.25, -0.2) is 0 Å². The molecule has 170 valence electrons. The number of nitrogens with one attached hydrogen (secondary N) is 2. The van der Waals surface area contributed by atoms with Gasteiger partial charge in [0.25, 0.3) is 0 Å². The minimum absolute atomic E-state index is 0.00347. The summed E-state index contributed by atoms with van der Waals surface area (Å²) in [5, 5.41) is 5.84. The van der Waals surface area contributed by atoms with Crippen molar-refractivity contribution in [1.29, 1.82) is 0 Å². The molecule has 0 spiro atoms. The molecule has 1 heterocycles. The van der Waals surface area contributed by atoms with Gasteiger partial charge in [0.05, 0.1) is 19.0 Å². The molecule has 1 aromatic carbocycles. The first-order chi connectivity index (χ1) is 15.1. The van der Waals surface area contributed by atoms with Gasteiger partial charge in [-0.15, -0.1) is 0 Å². The molecular weight excluding hydrogens is 390 g/mol. The van der Waals surface area contributed by atoms with Crippen molar-refractivity contribution in [3.05, 3.63) is 35.9 Å². The zero-order valence-electron chi connectivity index (χ0n) is 18.6. The van der Waals surface area contributed by atoms with E-state index in [1.54, 1.807) is 4.90 Å². The standard InChI is InChI=1S/C25H37N3O3/c29-23(17-20-11-5-3-6-12-20)27-19-25(31)28-16-10-2-1-9-15-26-24(30)18-22(28)21-13-7-4-8-14-21/h4,7-8,13-14,20,22H,1-3,5-6,9-12,15-19H2,(H,26,30)(H,27,29). The number of rotatable bonds is 5. The molecule has 0 bridgehead atoms. The Kier molecular flexibility index (Phi) is 9.38. The Balaban J connectivity index is 1.66. The van der Waals surface area contributed by atoms with Crippen molar-refractivity contribution in [3.63, 3.8) is 0 Å². The molecule has 1 atom stereocenters. The predicted octanol–water partition coefficient (Wildman–Crippen LogP) is 3.72. The fraction of sp³-hybridized carbons (Fsp3) is 0.640. The molecule has 1 saturated carbocycles. The molecule has 0 radical (unpaired) electrons. The fourth-order valence-electron chi connectivity index (χ4n) is 4.78. The molecule has 3 rings (SSSR count). The second kappa shape index (κ2) is 12.5. The summed E-state index contributed by atoms with van der Waals surface area (Å²) >= 11 is 0. The highest BCUT2D eigenvalue weighted by Crippen LogP contribution is 2.27. The van der Waals surface area contributed by atoms with Gasteiger partial charge in [0.15, 0.2) is 0 Å². The van der Waals surface area contributed by atoms with E-state index in [9.17, 15) is 14.4 Å². The topological polar surface area (TPSA) is 78.5 Å². The van der Waals surface area contributed by atoms with E-state index in [-0.39, 0.29) is 36.7 Å². The van der Waals surface area contributed by atoms with Crippen LogP contribution in [0, 0.1) is 5.92 Å². The van der Waals surface area contributed by atoms with Crippen molar-refractivity contribution < 1.29 is 14.4 Å². The molecule has 3 amide bonds. The van der Waals surface area contributed by atoms with Crippen LogP contribution in [0.2, 0.25) is 0 Å². The van der Waals surface area contributed by atoms with Crippen LogP contribution in [-0.4, -0.2) is 42.3 Å². The lowest BCUT2D eigenvalue weighted by molar-refractivity contribution is -0.136. The fourth-order valence-corrected chi connectivity index (χ4v) is 4.78. The van der Waals surface area contributed by atoms with E-state index in [1.165, 1.54) is 19.3 Å². The molecule has 2 aliphatic rings. The van der Waals surface area contributed by atoms with Crippen molar-refractivity contribution >= 4 is 17.7 Å². The van der Waals surface area contributed by atoms with E-state index in [1.807, 2.05) is 30.3 Å². The van der Waals surface area contributed by atoms with E-state index in [2.05, 4.69) is 10.6 Å². The van der Waals surface area contributed by atoms with Gasteiger partial charge in [0, 0.05) is 19.5 Å². The summed E-state index contributed by atoms with van der Waals surface area (Å²) in [6.07, 6.45) is 10.6. The monoisotopic (exact) mass is 427 g/mol. The summed E-state index contributed by atoms with van der Waals surface area (Å²) in [5.41, 5.74) is 0.957. The average molecular weight is 428 g/mol. The quantitative estimate of drug-likeness (QED) is 0.752. The van der Waals surface area contributed by atoms with E-state index < -0.39 is 0 Å². The highest BCUT2D eigenvalue weighted by atomic mass is 16.2. The Morgan fingerprint density at radius 3 is 2.45 bits per heavy atom. The van der Waals surface area contributed by atoms with Gasteiger partial charge in [0.1, 0.15) is 0 Å². The number of hydrogen-bond acceptors (Lipinski definition) is 3. The Bertz CT molecular complexity index is 716. The zero-order chi connectivity index (χ0) is 21.9. The maximum absolute atomic E-state index is 13.2. The van der Waals surface area contributed by atoms with Crippen LogP contribution in [-0.2, 0) is 14.4 Å². The summed E-state index contributed by atoms with van der Waals surface area (Å²) < 4.78 is 0. The minimum Gasteiger partial charge on any atom is -0.356 e. The third kappa shape index (κ3) is 7.67. The molecule has 31 heavy (non-hydrogen) atoms. The summed E-state index contributed by atoms with van der Waals surface area (Å²) in [6.45, 7) is 1.28. The predicted molar refractivity (Wildman–Crippen MR) is 121 cm³/mol. The third-order valence-electron chi connectivity index (χ3n) is 6.54. The van der Waals surface area contributed by atoms with Gasteiger partial charge in [-0.05, 0) is 37.2 Å². The van der Waals surface area contributed by atoms with E-state index in [4.69, 9.17) is 0 Å². The number of benzene rings is 1. The van der Waals surface area contributed by atoms with E-state index in [0.717, 1.165) is 44.1 Å². The van der Waals surface area contributed by atoms with Gasteiger partial charge in [0.2, 0.25) is 17.7 Å². The van der Waals surface area contributed by atoms with E-state index >= 15 is 0 Å². The number of carbonyl (C=O) groups excluding carboxylic acids is 3. The van der Waals surface area contributed by atoms with Crippen molar-refractivity contribution in [2.45, 2.75) is 76.7 Å². The molecule has 1 saturated heterocycles. The number of nitrogens with zero attached hydrogens (tertiary/aromatic N) is 1. The molecule has 6 nitrogen and oxygen atoms in total. The van der Waals surface area contributed by atoms with Crippen LogP contribution >= 0.6 is 0 Å². The van der Waals surface area contributed by atoms with Crippen molar-refractivity contribution in [2.75, 3.05) is 19.6 Å². The summed E-state index contributed by atoms with van der Waals surface area (Å²) in [4.78, 5) is 40.0. The molecule has 0 aromatic heterocycles. The van der Waals surface area contributed by atoms with Crippen LogP contribution in [0.4, 0.5) is 0 Å². The normalized spacial score (nSPS) is 21.6. The molecule has 1 aliphatic carbocycles. The Morgan fingerprint density at radius 2 is 1.68 bits per heavy atom. The van der Waals surface area contributed by atoms with Crippen LogP contribution < -0.4 is 10.6 Å². The Labute approximate surface area is 186 Å². The van der Waals surface area contributed by atoms with Gasteiger partial charge < -0.3 is 15.5 Å². The van der Waals surface area contributed by atoms with Crippen LogP contribution in [0.15, 0.2) is 30.3 Å². The largest absolute Gasteiger partial charge is 0.356 e. The van der Waals surface area contributed by atoms with Gasteiger partial charge >= 0.3 is 0 Å². The first-order valence-electron chi connectivity index (χ1n) is 12.0. The highest BCUT2D eigenvalue weighted by Gasteiger charge is 2.28. The second-order valence-electron chi connectivity index (χ2n) is 8.97. The van der Waals surface area contributed by atoms with Crippen molar-refractivity contribution in [2.24, 2.45) is 5.92 Å². The van der Waals surface area contributed by atoms with Gasteiger partial charge in [-0.1, -0.05) is 62.4 Å². The summed E-state index contributed by atoms with van der Waals surface area (Å²) in [5.74, 6) is 0.266. The Hall–Kier alpha value is -2.37. The van der Waals surface area contributed by atoms with Gasteiger partial charge in [-0.2, -0.15) is 0 Å². The third-order valence-corrected chi connectivity index (χ3v) is 6.54.